The molecule has 3 aromatic heterocycles. The Balaban J connectivity index is 1.21. The molecule has 10 aromatic rings. The van der Waals surface area contributed by atoms with Gasteiger partial charge in [-0.1, -0.05) is 121 Å². The van der Waals surface area contributed by atoms with Crippen LogP contribution in [0, 0.1) is 0 Å². The van der Waals surface area contributed by atoms with Crippen molar-refractivity contribution in [1.29, 1.82) is 0 Å². The second-order valence-corrected chi connectivity index (χ2v) is 12.0. The summed E-state index contributed by atoms with van der Waals surface area (Å²) in [7, 11) is 0. The molecule has 0 amide bonds. The number of hydrogen-bond acceptors (Lipinski definition) is 5. The molecule has 0 fully saturated rings. The maximum absolute atomic E-state index is 6.68. The lowest BCUT2D eigenvalue weighted by Gasteiger charge is -2.09. The lowest BCUT2D eigenvalue weighted by atomic mass is 9.96. The third-order valence-electron chi connectivity index (χ3n) is 9.15. The van der Waals surface area contributed by atoms with Gasteiger partial charge in [-0.2, -0.15) is 0 Å². The van der Waals surface area contributed by atoms with Gasteiger partial charge in [-0.15, -0.1) is 0 Å². The van der Waals surface area contributed by atoms with Crippen LogP contribution in [0.5, 0.6) is 0 Å². The van der Waals surface area contributed by atoms with Gasteiger partial charge in [-0.25, -0.2) is 15.0 Å². The molecule has 0 bridgehead atoms. The highest BCUT2D eigenvalue weighted by molar-refractivity contribution is 6.16. The van der Waals surface area contributed by atoms with E-state index in [2.05, 4.69) is 78.9 Å². The van der Waals surface area contributed by atoms with Gasteiger partial charge in [-0.05, 0) is 46.7 Å². The van der Waals surface area contributed by atoms with Crippen LogP contribution in [0.1, 0.15) is 0 Å². The molecule has 224 valence electrons. The number of fused-ring (bicyclic) bond motifs is 7. The summed E-state index contributed by atoms with van der Waals surface area (Å²) in [6.07, 6.45) is 0. The van der Waals surface area contributed by atoms with E-state index in [4.69, 9.17) is 23.8 Å². The summed E-state index contributed by atoms with van der Waals surface area (Å²) >= 11 is 0. The van der Waals surface area contributed by atoms with Gasteiger partial charge in [0.1, 0.15) is 22.3 Å². The number of nitrogens with zero attached hydrogens (tertiary/aromatic N) is 3. The maximum atomic E-state index is 6.68. The summed E-state index contributed by atoms with van der Waals surface area (Å²) < 4.78 is 12.8. The summed E-state index contributed by atoms with van der Waals surface area (Å²) in [5.74, 6) is 1.78. The van der Waals surface area contributed by atoms with Gasteiger partial charge in [0, 0.05) is 43.8 Å². The first-order chi connectivity index (χ1) is 23.8. The van der Waals surface area contributed by atoms with Crippen molar-refractivity contribution in [1.82, 2.24) is 15.0 Å². The van der Waals surface area contributed by atoms with Crippen molar-refractivity contribution < 1.29 is 8.83 Å². The Hall–Kier alpha value is -6.59. The largest absolute Gasteiger partial charge is 0.456 e. The number of aromatic nitrogens is 3. The number of hydrogen-bond donors (Lipinski definition) is 0. The molecule has 0 aliphatic carbocycles. The standard InChI is InChI=1S/C43H25N3O2/c1-2-12-27(13-3-1)41-44-42(28-23-24-37-35(25-28)31-16-6-7-21-36(31)47-37)46-43(45-41)34-20-10-22-38-39(34)33-19-9-18-32(40(33)48-38)30-17-8-14-26-11-4-5-15-29(26)30/h1-25H. The maximum Gasteiger partial charge on any atom is 0.164 e. The summed E-state index contributed by atoms with van der Waals surface area (Å²) in [5, 5.41) is 6.45. The van der Waals surface area contributed by atoms with E-state index < -0.39 is 0 Å². The molecule has 5 nitrogen and oxygen atoms in total. The van der Waals surface area contributed by atoms with Crippen LogP contribution < -0.4 is 0 Å². The van der Waals surface area contributed by atoms with Crippen molar-refractivity contribution in [2.45, 2.75) is 0 Å². The minimum absolute atomic E-state index is 0.583. The summed E-state index contributed by atoms with van der Waals surface area (Å²) in [4.78, 5) is 15.2. The van der Waals surface area contributed by atoms with E-state index in [-0.39, 0.29) is 0 Å². The topological polar surface area (TPSA) is 65.0 Å². The Labute approximate surface area is 274 Å². The van der Waals surface area contributed by atoms with Crippen molar-refractivity contribution in [3.63, 3.8) is 0 Å². The van der Waals surface area contributed by atoms with Crippen molar-refractivity contribution in [2.75, 3.05) is 0 Å². The molecule has 3 heterocycles. The van der Waals surface area contributed by atoms with Crippen molar-refractivity contribution >= 4 is 54.6 Å². The monoisotopic (exact) mass is 615 g/mol. The van der Waals surface area contributed by atoms with Gasteiger partial charge in [0.25, 0.3) is 0 Å². The van der Waals surface area contributed by atoms with Crippen LogP contribution >= 0.6 is 0 Å². The summed E-state index contributed by atoms with van der Waals surface area (Å²) in [5.41, 5.74) is 8.18. The zero-order valence-electron chi connectivity index (χ0n) is 25.6. The van der Waals surface area contributed by atoms with E-state index in [9.17, 15) is 0 Å². The lowest BCUT2D eigenvalue weighted by molar-refractivity contribution is 0.669. The van der Waals surface area contributed by atoms with Crippen molar-refractivity contribution in [3.8, 4) is 45.3 Å². The average Bonchev–Trinajstić information content (AvgIpc) is 3.73. The van der Waals surface area contributed by atoms with Crippen LogP contribution in [0.3, 0.4) is 0 Å². The smallest absolute Gasteiger partial charge is 0.164 e. The zero-order valence-corrected chi connectivity index (χ0v) is 25.6. The molecule has 0 unspecified atom stereocenters. The summed E-state index contributed by atoms with van der Waals surface area (Å²) in [6, 6.07) is 51.6. The Morgan fingerprint density at radius 1 is 0.354 bits per heavy atom. The van der Waals surface area contributed by atoms with Crippen LogP contribution in [-0.2, 0) is 0 Å². The van der Waals surface area contributed by atoms with Crippen molar-refractivity contribution in [3.05, 3.63) is 152 Å². The number of benzene rings is 7. The van der Waals surface area contributed by atoms with E-state index >= 15 is 0 Å². The van der Waals surface area contributed by atoms with Crippen LogP contribution in [-0.4, -0.2) is 15.0 Å². The van der Waals surface area contributed by atoms with Crippen molar-refractivity contribution in [2.24, 2.45) is 0 Å². The third kappa shape index (κ3) is 4.15. The molecule has 10 rings (SSSR count). The molecule has 0 aliphatic rings. The van der Waals surface area contributed by atoms with E-state index in [0.29, 0.717) is 17.5 Å². The first-order valence-electron chi connectivity index (χ1n) is 15.9. The molecule has 48 heavy (non-hydrogen) atoms. The summed E-state index contributed by atoms with van der Waals surface area (Å²) in [6.45, 7) is 0. The minimum atomic E-state index is 0.583. The Morgan fingerprint density at radius 3 is 1.90 bits per heavy atom. The average molecular weight is 616 g/mol. The molecule has 5 heteroatoms. The molecule has 0 saturated heterocycles. The molecule has 7 aromatic carbocycles. The fourth-order valence-electron chi connectivity index (χ4n) is 6.91. The number of para-hydroxylation sites is 2. The SMILES string of the molecule is c1ccc(-c2nc(-c3ccc4oc5ccccc5c4c3)nc(-c3cccc4oc5c(-c6cccc7ccccc67)cccc5c34)n2)cc1. The molecule has 0 aliphatic heterocycles. The predicted molar refractivity (Wildman–Crippen MR) is 194 cm³/mol. The quantitative estimate of drug-likeness (QED) is 0.197. The Morgan fingerprint density at radius 2 is 0.979 bits per heavy atom. The highest BCUT2D eigenvalue weighted by Gasteiger charge is 2.20. The lowest BCUT2D eigenvalue weighted by Crippen LogP contribution is -2.00. The van der Waals surface area contributed by atoms with Crippen LogP contribution in [0.25, 0.3) is 99.9 Å². The highest BCUT2D eigenvalue weighted by atomic mass is 16.3. The normalized spacial score (nSPS) is 11.8. The Bertz CT molecular complexity index is 2840. The van der Waals surface area contributed by atoms with Gasteiger partial charge in [-0.3, -0.25) is 0 Å². The van der Waals surface area contributed by atoms with Crippen LogP contribution in [0.4, 0.5) is 0 Å². The second kappa shape index (κ2) is 10.5. The molecular formula is C43H25N3O2. The highest BCUT2D eigenvalue weighted by Crippen LogP contribution is 2.42. The Kier molecular flexibility index (Phi) is 5.81. The first-order valence-corrected chi connectivity index (χ1v) is 15.9. The van der Waals surface area contributed by atoms with E-state index in [0.717, 1.165) is 71.7 Å². The molecule has 0 spiro atoms. The van der Waals surface area contributed by atoms with Gasteiger partial charge in [0.15, 0.2) is 17.5 Å². The number of furan rings is 2. The van der Waals surface area contributed by atoms with E-state index in [1.165, 1.54) is 10.8 Å². The van der Waals surface area contributed by atoms with Gasteiger partial charge in [0.2, 0.25) is 0 Å². The van der Waals surface area contributed by atoms with Gasteiger partial charge in [0.05, 0.1) is 0 Å². The number of rotatable bonds is 4. The van der Waals surface area contributed by atoms with E-state index in [1.54, 1.807) is 0 Å². The molecular weight excluding hydrogens is 590 g/mol. The van der Waals surface area contributed by atoms with Crippen LogP contribution in [0.2, 0.25) is 0 Å². The van der Waals surface area contributed by atoms with Crippen LogP contribution in [0.15, 0.2) is 160 Å². The predicted octanol–water partition coefficient (Wildman–Crippen LogP) is 11.5. The fraction of sp³-hybridized carbons (Fsp3) is 0. The third-order valence-corrected chi connectivity index (χ3v) is 9.15. The molecule has 0 atom stereocenters. The molecule has 0 radical (unpaired) electrons. The van der Waals surface area contributed by atoms with Gasteiger partial charge >= 0.3 is 0 Å². The fourth-order valence-corrected chi connectivity index (χ4v) is 6.91. The van der Waals surface area contributed by atoms with Gasteiger partial charge < -0.3 is 8.83 Å². The minimum Gasteiger partial charge on any atom is -0.456 e. The molecule has 0 N–H and O–H groups in total. The second-order valence-electron chi connectivity index (χ2n) is 12.0. The first kappa shape index (κ1) is 26.6. The zero-order chi connectivity index (χ0) is 31.6. The van der Waals surface area contributed by atoms with E-state index in [1.807, 2.05) is 72.8 Å². The molecule has 0 saturated carbocycles.